The minimum atomic E-state index is -1.12. The molecule has 1 fully saturated rings. The average molecular weight is 256 g/mol. The third-order valence-corrected chi connectivity index (χ3v) is 2.99. The zero-order valence-electron chi connectivity index (χ0n) is 9.30. The molecule has 17 heavy (non-hydrogen) atoms. The molecule has 92 valence electrons. The molecule has 5 heteroatoms. The molecule has 0 aromatic heterocycles. The maximum atomic E-state index is 12.0. The highest BCUT2D eigenvalue weighted by molar-refractivity contribution is 6.30. The maximum absolute atomic E-state index is 12.0. The lowest BCUT2D eigenvalue weighted by molar-refractivity contribution is -0.144. The standard InChI is InChI=1S/C12H14ClNO3/c13-10-3-1-9(2-4-10)11(15)12(16)14-5-7-17-8-6-14/h1-4,11,15H,5-8H2. The van der Waals surface area contributed by atoms with Crippen LogP contribution in [0.25, 0.3) is 0 Å². The summed E-state index contributed by atoms with van der Waals surface area (Å²) in [5.41, 5.74) is 0.561. The maximum Gasteiger partial charge on any atom is 0.256 e. The summed E-state index contributed by atoms with van der Waals surface area (Å²) in [5.74, 6) is -0.282. The van der Waals surface area contributed by atoms with E-state index in [9.17, 15) is 9.90 Å². The fourth-order valence-corrected chi connectivity index (χ4v) is 1.87. The summed E-state index contributed by atoms with van der Waals surface area (Å²) in [4.78, 5) is 13.6. The lowest BCUT2D eigenvalue weighted by Crippen LogP contribution is -2.43. The van der Waals surface area contributed by atoms with E-state index in [1.165, 1.54) is 0 Å². The summed E-state index contributed by atoms with van der Waals surface area (Å²) >= 11 is 5.75. The fraction of sp³-hybridized carbons (Fsp3) is 0.417. The van der Waals surface area contributed by atoms with E-state index in [1.54, 1.807) is 29.2 Å². The quantitative estimate of drug-likeness (QED) is 0.865. The second-order valence-corrected chi connectivity index (χ2v) is 4.33. The van der Waals surface area contributed by atoms with Crippen LogP contribution < -0.4 is 0 Å². The number of halogens is 1. The van der Waals surface area contributed by atoms with Crippen molar-refractivity contribution in [3.63, 3.8) is 0 Å². The van der Waals surface area contributed by atoms with Gasteiger partial charge >= 0.3 is 0 Å². The molecule has 1 aromatic rings. The molecule has 0 aliphatic carbocycles. The van der Waals surface area contributed by atoms with Crippen molar-refractivity contribution >= 4 is 17.5 Å². The molecule has 1 amide bonds. The molecule has 2 rings (SSSR count). The predicted molar refractivity (Wildman–Crippen MR) is 63.8 cm³/mol. The van der Waals surface area contributed by atoms with Crippen LogP contribution in [0.4, 0.5) is 0 Å². The third kappa shape index (κ3) is 2.97. The van der Waals surface area contributed by atoms with Gasteiger partial charge in [0.15, 0.2) is 6.10 Å². The van der Waals surface area contributed by atoms with Gasteiger partial charge in [0.25, 0.3) is 5.91 Å². The molecule has 4 nitrogen and oxygen atoms in total. The molecule has 1 aromatic carbocycles. The van der Waals surface area contributed by atoms with Crippen LogP contribution in [0.1, 0.15) is 11.7 Å². The number of benzene rings is 1. The largest absolute Gasteiger partial charge is 0.378 e. The van der Waals surface area contributed by atoms with Gasteiger partial charge in [-0.25, -0.2) is 0 Å². The first-order chi connectivity index (χ1) is 8.18. The number of aliphatic hydroxyl groups is 1. The number of rotatable bonds is 2. The van der Waals surface area contributed by atoms with E-state index in [1.807, 2.05) is 0 Å². The van der Waals surface area contributed by atoms with Crippen molar-refractivity contribution in [3.8, 4) is 0 Å². The summed E-state index contributed by atoms with van der Waals surface area (Å²) < 4.78 is 5.16. The molecular formula is C12H14ClNO3. The Bertz CT molecular complexity index is 387. The Labute approximate surface area is 105 Å². The molecule has 1 heterocycles. The molecule has 1 atom stereocenters. The summed E-state index contributed by atoms with van der Waals surface area (Å²) in [7, 11) is 0. The van der Waals surface area contributed by atoms with Gasteiger partial charge in [0.05, 0.1) is 13.2 Å². The van der Waals surface area contributed by atoms with Crippen molar-refractivity contribution in [2.45, 2.75) is 6.10 Å². The molecule has 0 bridgehead atoms. The number of hydrogen-bond donors (Lipinski definition) is 1. The normalized spacial score (nSPS) is 17.9. The first kappa shape index (κ1) is 12.4. The van der Waals surface area contributed by atoms with E-state index in [0.29, 0.717) is 36.9 Å². The van der Waals surface area contributed by atoms with Gasteiger partial charge in [-0.3, -0.25) is 4.79 Å². The lowest BCUT2D eigenvalue weighted by Gasteiger charge is -2.28. The highest BCUT2D eigenvalue weighted by atomic mass is 35.5. The van der Waals surface area contributed by atoms with Crippen molar-refractivity contribution < 1.29 is 14.6 Å². The Balaban J connectivity index is 2.05. The second kappa shape index (κ2) is 5.49. The highest BCUT2D eigenvalue weighted by Gasteiger charge is 2.24. The van der Waals surface area contributed by atoms with Gasteiger partial charge in [0.2, 0.25) is 0 Å². The number of morpholine rings is 1. The van der Waals surface area contributed by atoms with Crippen LogP contribution in [0.5, 0.6) is 0 Å². The average Bonchev–Trinajstić information content (AvgIpc) is 2.39. The van der Waals surface area contributed by atoms with Crippen LogP contribution in [0.15, 0.2) is 24.3 Å². The number of amides is 1. The van der Waals surface area contributed by atoms with Gasteiger partial charge in [-0.15, -0.1) is 0 Å². The van der Waals surface area contributed by atoms with Gasteiger partial charge in [0.1, 0.15) is 0 Å². The number of aliphatic hydroxyl groups excluding tert-OH is 1. The van der Waals surface area contributed by atoms with Crippen LogP contribution in [-0.2, 0) is 9.53 Å². The van der Waals surface area contributed by atoms with E-state index in [2.05, 4.69) is 0 Å². The topological polar surface area (TPSA) is 49.8 Å². The van der Waals surface area contributed by atoms with Crippen molar-refractivity contribution in [1.82, 2.24) is 4.90 Å². The van der Waals surface area contributed by atoms with E-state index in [-0.39, 0.29) is 5.91 Å². The van der Waals surface area contributed by atoms with Crippen molar-refractivity contribution in [3.05, 3.63) is 34.9 Å². The minimum absolute atomic E-state index is 0.282. The Morgan fingerprint density at radius 2 is 1.88 bits per heavy atom. The minimum Gasteiger partial charge on any atom is -0.378 e. The summed E-state index contributed by atoms with van der Waals surface area (Å²) in [6.45, 7) is 2.12. The van der Waals surface area contributed by atoms with Gasteiger partial charge in [-0.2, -0.15) is 0 Å². The van der Waals surface area contributed by atoms with Crippen LogP contribution in [0.2, 0.25) is 5.02 Å². The highest BCUT2D eigenvalue weighted by Crippen LogP contribution is 2.18. The lowest BCUT2D eigenvalue weighted by atomic mass is 10.1. The van der Waals surface area contributed by atoms with Crippen LogP contribution in [0.3, 0.4) is 0 Å². The van der Waals surface area contributed by atoms with E-state index in [0.717, 1.165) is 0 Å². The summed E-state index contributed by atoms with van der Waals surface area (Å²) in [6.07, 6.45) is -1.12. The van der Waals surface area contributed by atoms with Gasteiger partial charge in [-0.05, 0) is 17.7 Å². The first-order valence-corrected chi connectivity index (χ1v) is 5.86. The van der Waals surface area contributed by atoms with Crippen molar-refractivity contribution in [1.29, 1.82) is 0 Å². The zero-order valence-corrected chi connectivity index (χ0v) is 10.1. The molecule has 0 saturated carbocycles. The smallest absolute Gasteiger partial charge is 0.256 e. The Hall–Kier alpha value is -1.10. The number of ether oxygens (including phenoxy) is 1. The van der Waals surface area contributed by atoms with Crippen LogP contribution in [-0.4, -0.2) is 42.2 Å². The van der Waals surface area contributed by atoms with E-state index < -0.39 is 6.10 Å². The molecule has 1 saturated heterocycles. The zero-order chi connectivity index (χ0) is 12.3. The van der Waals surface area contributed by atoms with Gasteiger partial charge in [0, 0.05) is 18.1 Å². The molecule has 1 unspecified atom stereocenters. The molecule has 0 spiro atoms. The first-order valence-electron chi connectivity index (χ1n) is 5.48. The Morgan fingerprint density at radius 3 is 2.47 bits per heavy atom. The van der Waals surface area contributed by atoms with Crippen LogP contribution >= 0.6 is 11.6 Å². The molecule has 1 aliphatic heterocycles. The van der Waals surface area contributed by atoms with Gasteiger partial charge in [-0.1, -0.05) is 23.7 Å². The monoisotopic (exact) mass is 255 g/mol. The number of nitrogens with zero attached hydrogens (tertiary/aromatic N) is 1. The van der Waals surface area contributed by atoms with Crippen molar-refractivity contribution in [2.75, 3.05) is 26.3 Å². The predicted octanol–water partition coefficient (Wildman–Crippen LogP) is 1.23. The summed E-state index contributed by atoms with van der Waals surface area (Å²) in [5, 5.41) is 10.5. The SMILES string of the molecule is O=C(C(O)c1ccc(Cl)cc1)N1CCOCC1. The third-order valence-electron chi connectivity index (χ3n) is 2.74. The molecular weight excluding hydrogens is 242 g/mol. The number of carbonyl (C=O) groups is 1. The fourth-order valence-electron chi connectivity index (χ4n) is 1.74. The molecule has 1 aliphatic rings. The number of hydrogen-bond acceptors (Lipinski definition) is 3. The molecule has 0 radical (unpaired) electrons. The summed E-state index contributed by atoms with van der Waals surface area (Å²) in [6, 6.07) is 6.64. The van der Waals surface area contributed by atoms with Crippen molar-refractivity contribution in [2.24, 2.45) is 0 Å². The second-order valence-electron chi connectivity index (χ2n) is 3.89. The Kier molecular flexibility index (Phi) is 3.99. The van der Waals surface area contributed by atoms with E-state index >= 15 is 0 Å². The molecule has 1 N–H and O–H groups in total. The van der Waals surface area contributed by atoms with Gasteiger partial charge < -0.3 is 14.7 Å². The van der Waals surface area contributed by atoms with E-state index in [4.69, 9.17) is 16.3 Å². The number of carbonyl (C=O) groups excluding carboxylic acids is 1. The Morgan fingerprint density at radius 1 is 1.29 bits per heavy atom. The van der Waals surface area contributed by atoms with Crippen LogP contribution in [0, 0.1) is 0 Å².